The molecule has 0 aliphatic heterocycles. The second-order valence-electron chi connectivity index (χ2n) is 4.65. The number of amides is 1. The van der Waals surface area contributed by atoms with Gasteiger partial charge in [0.25, 0.3) is 0 Å². The molecule has 1 aromatic carbocycles. The van der Waals surface area contributed by atoms with Crippen molar-refractivity contribution in [3.05, 3.63) is 29.3 Å². The summed E-state index contributed by atoms with van der Waals surface area (Å²) in [6.07, 6.45) is 0. The quantitative estimate of drug-likeness (QED) is 0.776. The Morgan fingerprint density at radius 1 is 1.44 bits per heavy atom. The summed E-state index contributed by atoms with van der Waals surface area (Å²) in [5.41, 5.74) is 2.40. The van der Waals surface area contributed by atoms with Gasteiger partial charge in [-0.25, -0.2) is 0 Å². The summed E-state index contributed by atoms with van der Waals surface area (Å²) >= 11 is 1.55. The first-order valence-corrected chi connectivity index (χ1v) is 7.09. The van der Waals surface area contributed by atoms with E-state index in [4.69, 9.17) is 5.11 Å². The molecule has 0 spiro atoms. The molecule has 1 rings (SSSR count). The van der Waals surface area contributed by atoms with Crippen LogP contribution in [-0.4, -0.2) is 29.9 Å². The van der Waals surface area contributed by atoms with Gasteiger partial charge in [-0.05, 0) is 31.4 Å². The van der Waals surface area contributed by atoms with Crippen molar-refractivity contribution in [3.63, 3.8) is 0 Å². The highest BCUT2D eigenvalue weighted by molar-refractivity contribution is 8.00. The van der Waals surface area contributed by atoms with Crippen molar-refractivity contribution in [2.24, 2.45) is 5.92 Å². The molecule has 0 radical (unpaired) electrons. The third-order valence-electron chi connectivity index (χ3n) is 2.66. The molecule has 1 unspecified atom stereocenters. The Hall–Kier alpha value is -1.00. The fourth-order valence-corrected chi connectivity index (χ4v) is 2.36. The molecule has 0 aromatic heterocycles. The van der Waals surface area contributed by atoms with Gasteiger partial charge in [0.05, 0.1) is 5.75 Å². The molecular formula is C14H21NO2S. The van der Waals surface area contributed by atoms with Crippen molar-refractivity contribution in [3.8, 4) is 0 Å². The standard InChI is InChI=1S/C14H21NO2S/c1-10-4-5-12(3)13(6-10)18-9-14(17)15-7-11(2)8-16/h4-6,11,16H,7-9H2,1-3H3,(H,15,17). The lowest BCUT2D eigenvalue weighted by atomic mass is 10.2. The lowest BCUT2D eigenvalue weighted by Crippen LogP contribution is -2.30. The predicted octanol–water partition coefficient (Wildman–Crippen LogP) is 2.14. The Morgan fingerprint density at radius 2 is 2.17 bits per heavy atom. The number of hydrogen-bond donors (Lipinski definition) is 2. The van der Waals surface area contributed by atoms with Gasteiger partial charge in [-0.15, -0.1) is 11.8 Å². The molecule has 3 nitrogen and oxygen atoms in total. The fraction of sp³-hybridized carbons (Fsp3) is 0.500. The van der Waals surface area contributed by atoms with Gasteiger partial charge in [0.15, 0.2) is 0 Å². The van der Waals surface area contributed by atoms with Gasteiger partial charge in [-0.1, -0.05) is 24.6 Å². The van der Waals surface area contributed by atoms with Crippen molar-refractivity contribution >= 4 is 17.7 Å². The van der Waals surface area contributed by atoms with Crippen LogP contribution in [0.3, 0.4) is 0 Å². The molecule has 0 heterocycles. The summed E-state index contributed by atoms with van der Waals surface area (Å²) < 4.78 is 0. The van der Waals surface area contributed by atoms with Gasteiger partial charge >= 0.3 is 0 Å². The minimum atomic E-state index is 0.0150. The molecule has 2 N–H and O–H groups in total. The van der Waals surface area contributed by atoms with E-state index in [1.807, 2.05) is 20.8 Å². The molecule has 1 amide bonds. The van der Waals surface area contributed by atoms with Crippen LogP contribution in [0.25, 0.3) is 0 Å². The number of carbonyl (C=O) groups is 1. The first kappa shape index (κ1) is 15.1. The average molecular weight is 267 g/mol. The summed E-state index contributed by atoms with van der Waals surface area (Å²) in [6, 6.07) is 6.25. The van der Waals surface area contributed by atoms with Gasteiger partial charge in [-0.3, -0.25) is 4.79 Å². The van der Waals surface area contributed by atoms with Crippen LogP contribution in [0.4, 0.5) is 0 Å². The maximum atomic E-state index is 11.6. The molecule has 0 aliphatic rings. The zero-order chi connectivity index (χ0) is 13.5. The first-order valence-electron chi connectivity index (χ1n) is 6.10. The highest BCUT2D eigenvalue weighted by atomic mass is 32.2. The maximum Gasteiger partial charge on any atom is 0.230 e. The third kappa shape index (κ3) is 5.10. The molecule has 0 aliphatic carbocycles. The first-order chi connectivity index (χ1) is 8.52. The highest BCUT2D eigenvalue weighted by Gasteiger charge is 2.06. The van der Waals surface area contributed by atoms with Crippen molar-refractivity contribution in [2.45, 2.75) is 25.7 Å². The number of thioether (sulfide) groups is 1. The van der Waals surface area contributed by atoms with E-state index in [1.54, 1.807) is 11.8 Å². The number of rotatable bonds is 6. The van der Waals surface area contributed by atoms with Crippen molar-refractivity contribution < 1.29 is 9.90 Å². The van der Waals surface area contributed by atoms with Crippen LogP contribution in [0.15, 0.2) is 23.1 Å². The number of aryl methyl sites for hydroxylation is 2. The van der Waals surface area contributed by atoms with Crippen LogP contribution >= 0.6 is 11.8 Å². The van der Waals surface area contributed by atoms with E-state index in [0.29, 0.717) is 12.3 Å². The molecule has 0 saturated heterocycles. The topological polar surface area (TPSA) is 49.3 Å². The number of aliphatic hydroxyl groups is 1. The van der Waals surface area contributed by atoms with Gasteiger partial charge in [0.1, 0.15) is 0 Å². The zero-order valence-corrected chi connectivity index (χ0v) is 12.0. The minimum Gasteiger partial charge on any atom is -0.396 e. The van der Waals surface area contributed by atoms with Crippen LogP contribution in [0.2, 0.25) is 0 Å². The Kier molecular flexibility index (Phi) is 6.22. The SMILES string of the molecule is Cc1ccc(C)c(SCC(=O)NCC(C)CO)c1. The third-order valence-corrected chi connectivity index (χ3v) is 3.82. The number of hydrogen-bond acceptors (Lipinski definition) is 3. The van der Waals surface area contributed by atoms with E-state index in [2.05, 4.69) is 23.5 Å². The molecule has 0 saturated carbocycles. The second kappa shape index (κ2) is 7.44. The summed E-state index contributed by atoms with van der Waals surface area (Å²) in [6.45, 7) is 6.63. The van der Waals surface area contributed by atoms with Gasteiger partial charge in [0.2, 0.25) is 5.91 Å². The lowest BCUT2D eigenvalue weighted by molar-refractivity contribution is -0.118. The maximum absolute atomic E-state index is 11.6. The molecule has 100 valence electrons. The molecule has 18 heavy (non-hydrogen) atoms. The summed E-state index contributed by atoms with van der Waals surface area (Å²) in [5, 5.41) is 11.7. The van der Waals surface area contributed by atoms with Crippen molar-refractivity contribution in [2.75, 3.05) is 18.9 Å². The molecule has 4 heteroatoms. The van der Waals surface area contributed by atoms with Crippen molar-refractivity contribution in [1.82, 2.24) is 5.32 Å². The van der Waals surface area contributed by atoms with Gasteiger partial charge < -0.3 is 10.4 Å². The molecule has 1 aromatic rings. The smallest absolute Gasteiger partial charge is 0.230 e. The van der Waals surface area contributed by atoms with Gasteiger partial charge in [0, 0.05) is 18.0 Å². The van der Waals surface area contributed by atoms with Gasteiger partial charge in [-0.2, -0.15) is 0 Å². The fourth-order valence-electron chi connectivity index (χ4n) is 1.41. The van der Waals surface area contributed by atoms with E-state index in [9.17, 15) is 4.79 Å². The number of aliphatic hydroxyl groups excluding tert-OH is 1. The molecule has 0 bridgehead atoms. The molecule has 0 fully saturated rings. The molecular weight excluding hydrogens is 246 g/mol. The Morgan fingerprint density at radius 3 is 2.83 bits per heavy atom. The highest BCUT2D eigenvalue weighted by Crippen LogP contribution is 2.23. The predicted molar refractivity (Wildman–Crippen MR) is 75.9 cm³/mol. The Bertz CT molecular complexity index is 407. The van der Waals surface area contributed by atoms with Crippen LogP contribution in [0.1, 0.15) is 18.1 Å². The average Bonchev–Trinajstić information content (AvgIpc) is 2.36. The number of benzene rings is 1. The second-order valence-corrected chi connectivity index (χ2v) is 5.67. The Balaban J connectivity index is 2.40. The zero-order valence-electron chi connectivity index (χ0n) is 11.2. The Labute approximate surface area is 113 Å². The number of carbonyl (C=O) groups excluding carboxylic acids is 1. The van der Waals surface area contributed by atoms with E-state index in [0.717, 1.165) is 4.90 Å². The minimum absolute atomic E-state index is 0.0150. The molecule has 1 atom stereocenters. The van der Waals surface area contributed by atoms with Crippen LogP contribution in [-0.2, 0) is 4.79 Å². The summed E-state index contributed by atoms with van der Waals surface area (Å²) in [5.74, 6) is 0.545. The van der Waals surface area contributed by atoms with Crippen LogP contribution in [0, 0.1) is 19.8 Å². The largest absolute Gasteiger partial charge is 0.396 e. The van der Waals surface area contributed by atoms with Crippen molar-refractivity contribution in [1.29, 1.82) is 0 Å². The van der Waals surface area contributed by atoms with E-state index in [-0.39, 0.29) is 18.4 Å². The van der Waals surface area contributed by atoms with Crippen LogP contribution < -0.4 is 5.32 Å². The van der Waals surface area contributed by atoms with Crippen LogP contribution in [0.5, 0.6) is 0 Å². The summed E-state index contributed by atoms with van der Waals surface area (Å²) in [7, 11) is 0. The monoisotopic (exact) mass is 267 g/mol. The normalized spacial score (nSPS) is 12.2. The van der Waals surface area contributed by atoms with E-state index in [1.165, 1.54) is 11.1 Å². The number of nitrogens with one attached hydrogen (secondary N) is 1. The summed E-state index contributed by atoms with van der Waals surface area (Å²) in [4.78, 5) is 12.8. The van der Waals surface area contributed by atoms with E-state index >= 15 is 0 Å². The lowest BCUT2D eigenvalue weighted by Gasteiger charge is -2.10. The van der Waals surface area contributed by atoms with E-state index < -0.39 is 0 Å².